The second-order valence-corrected chi connectivity index (χ2v) is 11.8. The smallest absolute Gasteiger partial charge is 0.0196 e. The summed E-state index contributed by atoms with van der Waals surface area (Å²) in [5.41, 5.74) is 12.7. The zero-order valence-electron chi connectivity index (χ0n) is 22.0. The fourth-order valence-corrected chi connectivity index (χ4v) is 7.60. The molecule has 0 saturated heterocycles. The molecule has 2 aromatic rings. The van der Waals surface area contributed by atoms with Gasteiger partial charge in [0.15, 0.2) is 0 Å². The van der Waals surface area contributed by atoms with Gasteiger partial charge in [-0.2, -0.15) is 0 Å². The van der Waals surface area contributed by atoms with Gasteiger partial charge in [0.05, 0.1) is 0 Å². The maximum Gasteiger partial charge on any atom is 0.0196 e. The van der Waals surface area contributed by atoms with Gasteiger partial charge in [0.1, 0.15) is 0 Å². The van der Waals surface area contributed by atoms with E-state index in [-0.39, 0.29) is 5.41 Å². The Kier molecular flexibility index (Phi) is 6.70. The molecule has 1 aliphatic heterocycles. The lowest BCUT2D eigenvalue weighted by molar-refractivity contribution is 0.644. The fourth-order valence-electron chi connectivity index (χ4n) is 6.19. The Hall–Kier alpha value is -3.03. The van der Waals surface area contributed by atoms with Crippen LogP contribution in [-0.4, -0.2) is 0 Å². The first-order valence-corrected chi connectivity index (χ1v) is 13.8. The number of fused-ring (bicyclic) bond motifs is 1. The summed E-state index contributed by atoms with van der Waals surface area (Å²) in [5.74, 6) is 0.392. The van der Waals surface area contributed by atoms with Crippen LogP contribution in [0.5, 0.6) is 0 Å². The van der Waals surface area contributed by atoms with E-state index in [2.05, 4.69) is 114 Å². The second-order valence-electron chi connectivity index (χ2n) is 10.7. The van der Waals surface area contributed by atoms with E-state index in [1.807, 2.05) is 17.8 Å². The quantitative estimate of drug-likeness (QED) is 0.403. The molecule has 0 radical (unpaired) electrons. The number of hydrogen-bond donors (Lipinski definition) is 0. The maximum absolute atomic E-state index is 4.16. The summed E-state index contributed by atoms with van der Waals surface area (Å²) in [7, 11) is 0. The average molecular weight is 489 g/mol. The van der Waals surface area contributed by atoms with E-state index in [1.54, 1.807) is 5.57 Å². The van der Waals surface area contributed by atoms with Gasteiger partial charge in [-0.3, -0.25) is 0 Å². The zero-order chi connectivity index (χ0) is 25.4. The summed E-state index contributed by atoms with van der Waals surface area (Å²) >= 11 is 1.95. The molecule has 1 atom stereocenters. The molecule has 0 saturated carbocycles. The number of hydrogen-bond acceptors (Lipinski definition) is 1. The van der Waals surface area contributed by atoms with Crippen LogP contribution < -0.4 is 0 Å². The van der Waals surface area contributed by atoms with Crippen molar-refractivity contribution in [3.63, 3.8) is 0 Å². The number of benzene rings is 2. The predicted molar refractivity (Wildman–Crippen MR) is 160 cm³/mol. The standard InChI is InChI=1S/C35H36S/c1-7-13-25-21-31-29(16-12-17-33(31)35(25,5)6)27(8-2)30-19-18-28(24-14-10-9-11-15-24)34-32(30)22-26(36-34)20-23(3)4/h7-18,20,30H,1,3,19,21-22H2,2,4-6H3/b25-13+,26-20+,27-8?. The van der Waals surface area contributed by atoms with Crippen LogP contribution >= 0.6 is 11.8 Å². The van der Waals surface area contributed by atoms with Crippen LogP contribution in [0.2, 0.25) is 0 Å². The van der Waals surface area contributed by atoms with Crippen LogP contribution in [0.15, 0.2) is 119 Å². The van der Waals surface area contributed by atoms with E-state index in [4.69, 9.17) is 0 Å². The summed E-state index contributed by atoms with van der Waals surface area (Å²) < 4.78 is 0. The minimum atomic E-state index is 0.0381. The van der Waals surface area contributed by atoms with Crippen molar-refractivity contribution in [2.24, 2.45) is 5.92 Å². The van der Waals surface area contributed by atoms with Gasteiger partial charge in [-0.1, -0.05) is 123 Å². The highest BCUT2D eigenvalue weighted by Gasteiger charge is 2.38. The van der Waals surface area contributed by atoms with Gasteiger partial charge < -0.3 is 0 Å². The van der Waals surface area contributed by atoms with E-state index in [9.17, 15) is 0 Å². The van der Waals surface area contributed by atoms with Crippen molar-refractivity contribution < 1.29 is 0 Å². The SMILES string of the molecule is C=C/C=C1\Cc2c(C(=CC)C3CC=C(c4ccccc4)C4=C3C/C(=C\C(=C)C)S4)cccc2C1(C)C. The largest absolute Gasteiger partial charge is 0.0991 e. The molecule has 1 unspecified atom stereocenters. The van der Waals surface area contributed by atoms with Crippen molar-refractivity contribution in [2.45, 2.75) is 52.4 Å². The maximum atomic E-state index is 4.16. The third kappa shape index (κ3) is 4.24. The molecular weight excluding hydrogens is 452 g/mol. The zero-order valence-corrected chi connectivity index (χ0v) is 22.8. The molecule has 1 heterocycles. The van der Waals surface area contributed by atoms with Crippen LogP contribution in [0.4, 0.5) is 0 Å². The van der Waals surface area contributed by atoms with Gasteiger partial charge in [0.2, 0.25) is 0 Å². The highest BCUT2D eigenvalue weighted by molar-refractivity contribution is 8.07. The first-order chi connectivity index (χ1) is 17.3. The Balaban J connectivity index is 1.60. The molecule has 0 N–H and O–H groups in total. The summed E-state index contributed by atoms with van der Waals surface area (Å²) in [5, 5.41) is 0. The van der Waals surface area contributed by atoms with Gasteiger partial charge in [0.25, 0.3) is 0 Å². The van der Waals surface area contributed by atoms with Crippen molar-refractivity contribution in [3.05, 3.63) is 141 Å². The van der Waals surface area contributed by atoms with E-state index in [1.165, 1.54) is 48.8 Å². The molecule has 0 bridgehead atoms. The van der Waals surface area contributed by atoms with E-state index >= 15 is 0 Å². The molecule has 182 valence electrons. The molecule has 0 aromatic heterocycles. The minimum absolute atomic E-state index is 0.0381. The lowest BCUT2D eigenvalue weighted by atomic mass is 9.76. The van der Waals surface area contributed by atoms with E-state index in [0.717, 1.165) is 24.8 Å². The molecular formula is C35H36S. The second kappa shape index (κ2) is 9.79. The Labute approximate surface area is 221 Å². The molecule has 2 aliphatic carbocycles. The Morgan fingerprint density at radius 3 is 2.53 bits per heavy atom. The first-order valence-electron chi connectivity index (χ1n) is 13.0. The number of rotatable bonds is 5. The topological polar surface area (TPSA) is 0 Å². The van der Waals surface area contributed by atoms with Crippen LogP contribution in [0.25, 0.3) is 11.1 Å². The summed E-state index contributed by atoms with van der Waals surface area (Å²) in [6, 6.07) is 17.8. The lowest BCUT2D eigenvalue weighted by Gasteiger charge is -2.28. The third-order valence-electron chi connectivity index (χ3n) is 7.94. The molecule has 3 aliphatic rings. The summed E-state index contributed by atoms with van der Waals surface area (Å²) in [4.78, 5) is 2.86. The molecule has 0 amide bonds. The van der Waals surface area contributed by atoms with Crippen molar-refractivity contribution in [3.8, 4) is 0 Å². The fraction of sp³-hybridized carbons (Fsp3) is 0.257. The van der Waals surface area contributed by atoms with Crippen LogP contribution in [0.1, 0.15) is 62.8 Å². The molecule has 1 heteroatoms. The average Bonchev–Trinajstić information content (AvgIpc) is 3.39. The van der Waals surface area contributed by atoms with Crippen molar-refractivity contribution in [1.29, 1.82) is 0 Å². The molecule has 2 aromatic carbocycles. The molecule has 0 nitrogen and oxygen atoms in total. The molecule has 0 spiro atoms. The van der Waals surface area contributed by atoms with Gasteiger partial charge >= 0.3 is 0 Å². The van der Waals surface area contributed by atoms with Gasteiger partial charge in [-0.15, -0.1) is 0 Å². The van der Waals surface area contributed by atoms with Crippen LogP contribution in [-0.2, 0) is 11.8 Å². The molecule has 5 rings (SSSR count). The Morgan fingerprint density at radius 1 is 1.06 bits per heavy atom. The lowest BCUT2D eigenvalue weighted by Crippen LogP contribution is -2.15. The summed E-state index contributed by atoms with van der Waals surface area (Å²) in [6.07, 6.45) is 14.3. The first kappa shape index (κ1) is 24.7. The summed E-state index contributed by atoms with van der Waals surface area (Å²) in [6.45, 7) is 17.2. The van der Waals surface area contributed by atoms with Crippen LogP contribution in [0.3, 0.4) is 0 Å². The predicted octanol–water partition coefficient (Wildman–Crippen LogP) is 9.99. The minimum Gasteiger partial charge on any atom is -0.0991 e. The Morgan fingerprint density at radius 2 is 1.83 bits per heavy atom. The monoisotopic (exact) mass is 488 g/mol. The van der Waals surface area contributed by atoms with E-state index < -0.39 is 0 Å². The van der Waals surface area contributed by atoms with Crippen LogP contribution in [0, 0.1) is 5.92 Å². The normalized spacial score (nSPS) is 23.1. The highest BCUT2D eigenvalue weighted by Crippen LogP contribution is 2.56. The van der Waals surface area contributed by atoms with Crippen molar-refractivity contribution in [1.82, 2.24) is 0 Å². The van der Waals surface area contributed by atoms with Gasteiger partial charge in [-0.25, -0.2) is 0 Å². The van der Waals surface area contributed by atoms with Crippen molar-refractivity contribution >= 4 is 22.9 Å². The third-order valence-corrected chi connectivity index (χ3v) is 9.15. The van der Waals surface area contributed by atoms with Gasteiger partial charge in [0, 0.05) is 22.7 Å². The highest BCUT2D eigenvalue weighted by atomic mass is 32.2. The van der Waals surface area contributed by atoms with Gasteiger partial charge in [-0.05, 0) is 76.6 Å². The molecule has 0 fully saturated rings. The number of allylic oxidation sites excluding steroid dienone is 11. The van der Waals surface area contributed by atoms with Crippen molar-refractivity contribution in [2.75, 3.05) is 0 Å². The molecule has 36 heavy (non-hydrogen) atoms. The number of thioether (sulfide) groups is 1. The Bertz CT molecular complexity index is 1390. The van der Waals surface area contributed by atoms with E-state index in [0.29, 0.717) is 5.92 Å².